The largest absolute Gasteiger partial charge is 0.586 e. The van der Waals surface area contributed by atoms with Crippen LogP contribution in [0.3, 0.4) is 0 Å². The summed E-state index contributed by atoms with van der Waals surface area (Å²) in [7, 11) is 6.12. The Hall–Kier alpha value is -14.7. The average Bonchev–Trinajstić information content (AvgIpc) is 1.59. The van der Waals surface area contributed by atoms with E-state index in [1.54, 1.807) is 86.6 Å². The number of aryl methyl sites for hydroxylation is 4. The SMILES string of the molecule is COc1ccc(C2(C(=O)Nc3ccc(C)c(-c4ccc(C(=O)N(C)C)cc4)n3)CC2)cc1.COc1ccc(C2(C(=O)Nc3ccc(C)c(-c4cccc(S(=O)(=O)N(C)C)c4)n3)CC2)cc1.Cc1ccc(CC(=O)C2(c3ccc4c(c3)OC(F)(F)O4)CC2)nc1-c1ccc2c(c1)C=CC2.Cc1ccc(CC(=O)C2(c3ccc4c(c3)OC(F)(F)O4)CC2)nc1-c1cccc(N2CCN(C(=O)OC(C)(C)C)CC2)n1.[HH].[HH]. The molecule has 1 saturated heterocycles. The predicted octanol–water partition coefficient (Wildman–Crippen LogP) is 20.4. The van der Waals surface area contributed by atoms with E-state index >= 15 is 0 Å². The maximum absolute atomic E-state index is 13.5. The first-order valence-electron chi connectivity index (χ1n) is 46.7. The number of pyridine rings is 5. The van der Waals surface area contributed by atoms with Crippen LogP contribution < -0.4 is 44.0 Å². The number of alkyl halides is 4. The Balaban J connectivity index is 0.000000144. The molecule has 732 valence electrons. The number of methoxy groups -OCH3 is 2. The van der Waals surface area contributed by atoms with Crippen molar-refractivity contribution in [2.45, 2.75) is 164 Å². The van der Waals surface area contributed by atoms with Crippen LogP contribution in [0.15, 0.2) is 229 Å². The number of aromatic nitrogens is 5. The summed E-state index contributed by atoms with van der Waals surface area (Å²) in [5.41, 5.74) is 14.8. The van der Waals surface area contributed by atoms with Crippen LogP contribution in [0.25, 0.3) is 51.2 Å². The number of nitrogens with zero attached hydrogens (tertiary/aromatic N) is 9. The van der Waals surface area contributed by atoms with Crippen LogP contribution in [-0.4, -0.2) is 170 Å². The monoisotopic (exact) mass is 1940 g/mol. The number of Topliss-reactive ketones (excluding diaryl/α,β-unsaturated/α-hetero) is 2. The minimum atomic E-state index is -3.70. The standard InChI is InChI=1S/C32H34F2N4O5.C27H21F2NO3.C26H27N3O3.C25H27N3O4S.2H2/c1-20-8-10-22(19-26(39)31(12-13-31)21-9-11-24-25(18-21)42-32(33,34)41-24)35-28(20)23-6-5-7-27(36-23)37-14-16-38(17-15-37)29(40)43-30(2,3)4;1-16-5-9-21(30-25(16)19-7-6-17-3-2-4-18(17)13-19)15-24(31)26(11-12-26)20-8-10-22-23(14-20)33-27(28,29)32-22;1-17-5-14-22(27-23(17)18-6-8-19(9-7-18)24(30)29(2)3)28-25(31)26(15-16-26)20-10-12-21(32-4)13-11-20;1-17-8-13-22(26-23(17)18-6-5-7-21(16-18)33(30,31)28(2)3)27-24(29)25(14-15-25)19-9-11-20(32-4)12-10-19;;/h5-11,18H,12-17,19H2,1-4H3;2,4-10,13-14H,3,11-12,15H2,1H3;5-14H,15-16H2,1-4H3,(H,27,28,31);5-13,16H,14-15H2,1-4H3,(H,26,27,29);2*1H. The van der Waals surface area contributed by atoms with Gasteiger partial charge in [-0.3, -0.25) is 33.9 Å². The highest BCUT2D eigenvalue weighted by atomic mass is 32.2. The smallest absolute Gasteiger partial charge is 0.497 e. The molecule has 26 nitrogen and oxygen atoms in total. The topological polar surface area (TPSA) is 303 Å². The number of amides is 4. The van der Waals surface area contributed by atoms with Crippen molar-refractivity contribution in [1.29, 1.82) is 0 Å². The number of ether oxygens (including phenoxy) is 7. The molecule has 0 atom stereocenters. The predicted molar refractivity (Wildman–Crippen MR) is 531 cm³/mol. The van der Waals surface area contributed by atoms with Crippen LogP contribution in [0.1, 0.15) is 152 Å². The lowest BCUT2D eigenvalue weighted by molar-refractivity contribution is -0.287. The molecular formula is C110H113F4N11O15S. The highest BCUT2D eigenvalue weighted by Crippen LogP contribution is 2.56. The van der Waals surface area contributed by atoms with Crippen LogP contribution in [0, 0.1) is 27.7 Å². The van der Waals surface area contributed by atoms with Gasteiger partial charge in [0, 0.05) is 104 Å². The van der Waals surface area contributed by atoms with E-state index < -0.39 is 49.9 Å². The number of hydrogen-bond donors (Lipinski definition) is 2. The van der Waals surface area contributed by atoms with Crippen LogP contribution in [0.5, 0.6) is 34.5 Å². The molecular weight excluding hydrogens is 1820 g/mol. The van der Waals surface area contributed by atoms with Crippen LogP contribution in [-0.2, 0) is 74.9 Å². The first-order chi connectivity index (χ1) is 67.1. The molecule has 3 aliphatic heterocycles. The normalized spacial score (nSPS) is 16.5. The van der Waals surface area contributed by atoms with Gasteiger partial charge in [0.15, 0.2) is 23.0 Å². The van der Waals surface area contributed by atoms with E-state index in [1.165, 1.54) is 53.8 Å². The molecule has 8 aliphatic rings. The lowest BCUT2D eigenvalue weighted by Gasteiger charge is -2.36. The number of rotatable bonds is 24. The Morgan fingerprint density at radius 2 is 0.901 bits per heavy atom. The summed E-state index contributed by atoms with van der Waals surface area (Å²) in [6, 6.07) is 65.7. The van der Waals surface area contributed by atoms with Gasteiger partial charge in [0.2, 0.25) is 21.8 Å². The molecule has 7 aromatic carbocycles. The maximum Gasteiger partial charge on any atom is 0.586 e. The molecule has 0 radical (unpaired) electrons. The average molecular weight is 1940 g/mol. The van der Waals surface area contributed by atoms with E-state index in [9.17, 15) is 54.7 Å². The number of hydrogen-bond acceptors (Lipinski definition) is 21. The van der Waals surface area contributed by atoms with E-state index in [1.807, 2.05) is 176 Å². The summed E-state index contributed by atoms with van der Waals surface area (Å²) in [6.45, 7) is 15.7. The number of nitrogens with one attached hydrogen (secondary N) is 2. The summed E-state index contributed by atoms with van der Waals surface area (Å²) in [6.07, 6.45) is 3.61. The second-order valence-corrected chi connectivity index (χ2v) is 40.3. The van der Waals surface area contributed by atoms with E-state index in [2.05, 4.69) is 69.8 Å². The number of anilines is 3. The number of piperazine rings is 1. The summed E-state index contributed by atoms with van der Waals surface area (Å²) < 4.78 is 114. The summed E-state index contributed by atoms with van der Waals surface area (Å²) in [5, 5.41) is 5.98. The van der Waals surface area contributed by atoms with Gasteiger partial charge in [0.25, 0.3) is 5.91 Å². The minimum absolute atomic E-state index is 0. The Morgan fingerprint density at radius 3 is 1.38 bits per heavy atom. The fraction of sp³-hybridized carbons (Fsp3) is 0.318. The third-order valence-corrected chi connectivity index (χ3v) is 28.6. The van der Waals surface area contributed by atoms with Gasteiger partial charge in [-0.15, -0.1) is 17.6 Å². The fourth-order valence-corrected chi connectivity index (χ4v) is 18.9. The van der Waals surface area contributed by atoms with Crippen LogP contribution >= 0.6 is 0 Å². The van der Waals surface area contributed by atoms with Gasteiger partial charge in [-0.1, -0.05) is 115 Å². The number of allylic oxidation sites excluding steroid dienone is 1. The lowest BCUT2D eigenvalue weighted by atomic mass is 9.88. The highest BCUT2D eigenvalue weighted by molar-refractivity contribution is 7.89. The van der Waals surface area contributed by atoms with Gasteiger partial charge >= 0.3 is 18.7 Å². The molecule has 0 spiro atoms. The van der Waals surface area contributed by atoms with E-state index in [0.717, 1.165) is 105 Å². The van der Waals surface area contributed by atoms with E-state index in [-0.39, 0.29) is 79.0 Å². The van der Waals surface area contributed by atoms with Crippen molar-refractivity contribution in [3.05, 3.63) is 297 Å². The molecule has 2 N–H and O–H groups in total. The van der Waals surface area contributed by atoms with Crippen LogP contribution in [0.2, 0.25) is 0 Å². The number of ketones is 2. The third kappa shape index (κ3) is 21.3. The first kappa shape index (κ1) is 97.9. The number of sulfonamides is 1. The van der Waals surface area contributed by atoms with E-state index in [4.69, 9.17) is 34.1 Å². The van der Waals surface area contributed by atoms with Crippen molar-refractivity contribution in [2.75, 3.05) is 84.1 Å². The Kier molecular flexibility index (Phi) is 27.0. The molecule has 31 heteroatoms. The third-order valence-electron chi connectivity index (χ3n) is 26.8. The molecule has 0 unspecified atom stereocenters. The van der Waals surface area contributed by atoms with Crippen molar-refractivity contribution in [3.63, 3.8) is 0 Å². The van der Waals surface area contributed by atoms with Crippen molar-refractivity contribution < 1.29 is 90.8 Å². The molecule has 20 rings (SSSR count). The number of benzene rings is 7. The van der Waals surface area contributed by atoms with Gasteiger partial charge < -0.3 is 58.5 Å². The molecule has 5 fully saturated rings. The second-order valence-electron chi connectivity index (χ2n) is 38.2. The summed E-state index contributed by atoms with van der Waals surface area (Å²) in [4.78, 5) is 107. The van der Waals surface area contributed by atoms with Gasteiger partial charge in [-0.05, 0) is 277 Å². The van der Waals surface area contributed by atoms with Crippen molar-refractivity contribution in [3.8, 4) is 79.7 Å². The van der Waals surface area contributed by atoms with Crippen molar-refractivity contribution >= 4 is 68.9 Å². The highest BCUT2D eigenvalue weighted by Gasteiger charge is 2.56. The lowest BCUT2D eigenvalue weighted by Crippen LogP contribution is -2.50. The zero-order valence-electron chi connectivity index (χ0n) is 80.6. The van der Waals surface area contributed by atoms with Gasteiger partial charge in [0.05, 0.1) is 69.2 Å². The summed E-state index contributed by atoms with van der Waals surface area (Å²) in [5.74, 6) is 2.93. The minimum Gasteiger partial charge on any atom is -0.497 e. The number of fused-ring (bicyclic) bond motifs is 3. The molecule has 5 aliphatic carbocycles. The van der Waals surface area contributed by atoms with Crippen LogP contribution in [0.4, 0.5) is 39.8 Å². The Bertz CT molecular complexity index is 7050. The fourth-order valence-electron chi connectivity index (χ4n) is 18.0. The summed E-state index contributed by atoms with van der Waals surface area (Å²) >= 11 is 0. The Labute approximate surface area is 818 Å². The molecule has 4 saturated carbocycles. The van der Waals surface area contributed by atoms with E-state index in [0.29, 0.717) is 114 Å². The van der Waals surface area contributed by atoms with Crippen molar-refractivity contribution in [1.82, 2.24) is 39.0 Å². The molecule has 141 heavy (non-hydrogen) atoms. The molecule has 8 heterocycles. The van der Waals surface area contributed by atoms with Gasteiger partial charge in [-0.25, -0.2) is 32.5 Å². The maximum atomic E-state index is 13.5. The molecule has 5 aromatic heterocycles. The van der Waals surface area contributed by atoms with Gasteiger partial charge in [0.1, 0.15) is 46.1 Å². The molecule has 0 bridgehead atoms. The number of halogens is 4. The quantitative estimate of drug-likeness (QED) is 0.0531. The zero-order valence-corrected chi connectivity index (χ0v) is 81.4. The van der Waals surface area contributed by atoms with Gasteiger partial charge in [-0.2, -0.15) is 0 Å². The molecule has 4 amide bonds. The molecule has 12 aromatic rings. The second kappa shape index (κ2) is 38.8. The van der Waals surface area contributed by atoms with Crippen molar-refractivity contribution in [2.24, 2.45) is 0 Å². The zero-order chi connectivity index (χ0) is 100. The Morgan fingerprint density at radius 1 is 0.461 bits per heavy atom. The first-order valence-corrected chi connectivity index (χ1v) is 48.1. The number of carbonyl (C=O) groups excluding carboxylic acids is 6. The number of carbonyl (C=O) groups is 6.